The maximum absolute atomic E-state index is 6.33. The van der Waals surface area contributed by atoms with Crippen LogP contribution in [0.5, 0.6) is 11.6 Å². The van der Waals surface area contributed by atoms with Gasteiger partial charge >= 0.3 is 0 Å². The summed E-state index contributed by atoms with van der Waals surface area (Å²) in [5.74, 6) is 1.42. The van der Waals surface area contributed by atoms with Crippen LogP contribution in [0.4, 0.5) is 11.4 Å². The minimum absolute atomic E-state index is 0.104. The minimum atomic E-state index is 0.104. The van der Waals surface area contributed by atoms with E-state index in [2.05, 4.69) is 57.6 Å². The molecule has 6 rings (SSSR count). The molecule has 4 aromatic rings. The molecule has 0 amide bonds. The maximum Gasteiger partial charge on any atom is 0.216 e. The summed E-state index contributed by atoms with van der Waals surface area (Å²) in [7, 11) is 6.89. The zero-order valence-corrected chi connectivity index (χ0v) is 31.5. The molecular formula is C39H48N4O6S2. The van der Waals surface area contributed by atoms with Crippen molar-refractivity contribution in [2.24, 2.45) is 0 Å². The van der Waals surface area contributed by atoms with Gasteiger partial charge in [0.2, 0.25) is 5.88 Å². The first-order valence-corrected chi connectivity index (χ1v) is 18.9. The van der Waals surface area contributed by atoms with E-state index < -0.39 is 0 Å². The molecule has 1 aromatic heterocycles. The van der Waals surface area contributed by atoms with E-state index in [1.54, 1.807) is 52.0 Å². The summed E-state index contributed by atoms with van der Waals surface area (Å²) < 4.78 is 33.6. The van der Waals surface area contributed by atoms with Crippen molar-refractivity contribution in [2.45, 2.75) is 32.2 Å². The average Bonchev–Trinajstić information content (AvgIpc) is 3.17. The van der Waals surface area contributed by atoms with Gasteiger partial charge in [0.1, 0.15) is 12.4 Å². The molecular weight excluding hydrogens is 685 g/mol. The van der Waals surface area contributed by atoms with Gasteiger partial charge in [-0.3, -0.25) is 4.90 Å². The van der Waals surface area contributed by atoms with Crippen LogP contribution in [0.15, 0.2) is 92.4 Å². The number of ether oxygens (including phenoxy) is 6. The Morgan fingerprint density at radius 2 is 1.63 bits per heavy atom. The number of hydrogen-bond donors (Lipinski definition) is 1. The highest BCUT2D eigenvalue weighted by Crippen LogP contribution is 2.52. The first-order valence-electron chi connectivity index (χ1n) is 17.3. The van der Waals surface area contributed by atoms with Crippen LogP contribution in [0.2, 0.25) is 0 Å². The van der Waals surface area contributed by atoms with E-state index in [0.29, 0.717) is 45.5 Å². The molecule has 0 aliphatic carbocycles. The van der Waals surface area contributed by atoms with Crippen molar-refractivity contribution in [2.75, 3.05) is 104 Å². The standard InChI is InChI=1S/C39H48N4O6S2/c1-44-18-14-42(15-19-45-2)25-30(27-46-3)40-29-10-13-35-37(22-29)50-36-7-5-6-33(39(36)51-35)34-23-31(43-16-20-48-21-17-43)24-38(41-34)49-26-28-8-11-32(47-4)12-9-28/h5-13,22-24,30,40H,14-21,25-27H2,1-4H3/t30-/m0/s1. The number of fused-ring (bicyclic) bond motifs is 2. The van der Waals surface area contributed by atoms with Crippen molar-refractivity contribution >= 4 is 34.9 Å². The van der Waals surface area contributed by atoms with E-state index in [9.17, 15) is 0 Å². The summed E-state index contributed by atoms with van der Waals surface area (Å²) in [5, 5.41) is 3.73. The van der Waals surface area contributed by atoms with Crippen LogP contribution < -0.4 is 19.7 Å². The number of benzene rings is 3. The molecule has 1 saturated heterocycles. The van der Waals surface area contributed by atoms with Crippen molar-refractivity contribution in [3.63, 3.8) is 0 Å². The third-order valence-electron chi connectivity index (χ3n) is 8.78. The SMILES string of the molecule is COCCN(CCOC)C[C@@H](COC)Nc1ccc2c(c1)Sc1cccc(-c3cc(N4CCOCC4)cc(OCc4ccc(OC)cc4)n3)c1S2. The third-order valence-corrected chi connectivity index (χ3v) is 11.4. The second-order valence-electron chi connectivity index (χ2n) is 12.4. The lowest BCUT2D eigenvalue weighted by Crippen LogP contribution is -2.42. The van der Waals surface area contributed by atoms with Gasteiger partial charge in [-0.05, 0) is 48.0 Å². The van der Waals surface area contributed by atoms with Gasteiger partial charge in [-0.15, -0.1) is 0 Å². The largest absolute Gasteiger partial charge is 0.497 e. The van der Waals surface area contributed by atoms with Crippen LogP contribution in [0, 0.1) is 0 Å². The maximum atomic E-state index is 6.33. The fourth-order valence-electron chi connectivity index (χ4n) is 6.10. The number of methoxy groups -OCH3 is 4. The van der Waals surface area contributed by atoms with Gasteiger partial charge in [-0.1, -0.05) is 47.8 Å². The molecule has 0 unspecified atom stereocenters. The second-order valence-corrected chi connectivity index (χ2v) is 14.5. The van der Waals surface area contributed by atoms with Crippen LogP contribution in [0.25, 0.3) is 11.3 Å². The first-order chi connectivity index (χ1) is 25.1. The zero-order chi connectivity index (χ0) is 35.4. The average molecular weight is 733 g/mol. The third kappa shape index (κ3) is 10.1. The molecule has 10 nitrogen and oxygen atoms in total. The van der Waals surface area contributed by atoms with Crippen LogP contribution in [0.1, 0.15) is 5.56 Å². The highest BCUT2D eigenvalue weighted by atomic mass is 32.2. The molecule has 1 N–H and O–H groups in total. The molecule has 0 radical (unpaired) electrons. The molecule has 2 aliphatic heterocycles. The molecule has 12 heteroatoms. The fourth-order valence-corrected chi connectivity index (χ4v) is 8.51. The zero-order valence-electron chi connectivity index (χ0n) is 29.9. The van der Waals surface area contributed by atoms with E-state index in [4.69, 9.17) is 33.4 Å². The summed E-state index contributed by atoms with van der Waals surface area (Å²) in [6.07, 6.45) is 0. The number of hydrogen-bond acceptors (Lipinski definition) is 12. The van der Waals surface area contributed by atoms with Gasteiger partial charge in [0.25, 0.3) is 0 Å². The molecule has 1 atom stereocenters. The number of nitrogens with one attached hydrogen (secondary N) is 1. The van der Waals surface area contributed by atoms with Gasteiger partial charge in [-0.25, -0.2) is 4.98 Å². The Morgan fingerprint density at radius 3 is 2.35 bits per heavy atom. The summed E-state index contributed by atoms with van der Waals surface area (Å²) in [4.78, 5) is 14.6. The highest BCUT2D eigenvalue weighted by molar-refractivity contribution is 8.05. The number of anilines is 2. The Labute approximate surface area is 310 Å². The van der Waals surface area contributed by atoms with Crippen LogP contribution >= 0.6 is 23.5 Å². The molecule has 3 heterocycles. The van der Waals surface area contributed by atoms with Crippen molar-refractivity contribution in [3.8, 4) is 22.9 Å². The Kier molecular flexibility index (Phi) is 13.8. The second kappa shape index (κ2) is 18.8. The van der Waals surface area contributed by atoms with Gasteiger partial charge in [0.05, 0.1) is 51.9 Å². The first kappa shape index (κ1) is 37.3. The Bertz CT molecular complexity index is 1700. The van der Waals surface area contributed by atoms with Gasteiger partial charge in [0.15, 0.2) is 0 Å². The number of nitrogens with zero attached hydrogens (tertiary/aromatic N) is 3. The smallest absolute Gasteiger partial charge is 0.216 e. The summed E-state index contributed by atoms with van der Waals surface area (Å²) in [6, 6.07) is 25.4. The fraction of sp³-hybridized carbons (Fsp3) is 0.410. The summed E-state index contributed by atoms with van der Waals surface area (Å²) >= 11 is 3.59. The van der Waals surface area contributed by atoms with Crippen molar-refractivity contribution in [1.29, 1.82) is 0 Å². The van der Waals surface area contributed by atoms with E-state index >= 15 is 0 Å². The Morgan fingerprint density at radius 1 is 0.843 bits per heavy atom. The van der Waals surface area contributed by atoms with Gasteiger partial charge in [-0.2, -0.15) is 0 Å². The molecule has 0 spiro atoms. The topological polar surface area (TPSA) is 86.8 Å². The van der Waals surface area contributed by atoms with Crippen LogP contribution in [-0.2, 0) is 25.6 Å². The van der Waals surface area contributed by atoms with E-state index in [1.165, 1.54) is 19.6 Å². The lowest BCUT2D eigenvalue weighted by Gasteiger charge is -2.29. The molecule has 0 saturated carbocycles. The minimum Gasteiger partial charge on any atom is -0.497 e. The summed E-state index contributed by atoms with van der Waals surface area (Å²) in [5.41, 5.74) is 5.19. The highest BCUT2D eigenvalue weighted by Gasteiger charge is 2.24. The number of aromatic nitrogens is 1. The van der Waals surface area contributed by atoms with Crippen molar-refractivity contribution in [1.82, 2.24) is 9.88 Å². The molecule has 51 heavy (non-hydrogen) atoms. The Balaban J connectivity index is 1.22. The monoisotopic (exact) mass is 732 g/mol. The predicted molar refractivity (Wildman–Crippen MR) is 204 cm³/mol. The number of pyridine rings is 1. The molecule has 0 bridgehead atoms. The van der Waals surface area contributed by atoms with Crippen molar-refractivity contribution in [3.05, 3.63) is 78.4 Å². The Hall–Kier alpha value is -3.49. The predicted octanol–water partition coefficient (Wildman–Crippen LogP) is 6.81. The quantitative estimate of drug-likeness (QED) is 0.103. The van der Waals surface area contributed by atoms with E-state index in [-0.39, 0.29) is 6.04 Å². The van der Waals surface area contributed by atoms with E-state index in [0.717, 1.165) is 66.7 Å². The molecule has 272 valence electrons. The lowest BCUT2D eigenvalue weighted by atomic mass is 10.1. The molecule has 2 aliphatic rings. The van der Waals surface area contributed by atoms with Gasteiger partial charge < -0.3 is 38.6 Å². The van der Waals surface area contributed by atoms with Gasteiger partial charge in [0, 0.05) is 96.6 Å². The molecule has 1 fully saturated rings. The van der Waals surface area contributed by atoms with E-state index in [1.807, 2.05) is 30.3 Å². The van der Waals surface area contributed by atoms with Crippen LogP contribution in [-0.4, -0.2) is 110 Å². The number of rotatable bonds is 18. The normalized spacial score (nSPS) is 14.6. The lowest BCUT2D eigenvalue weighted by molar-refractivity contribution is 0.100. The number of morpholine rings is 1. The van der Waals surface area contributed by atoms with Crippen molar-refractivity contribution < 1.29 is 28.4 Å². The van der Waals surface area contributed by atoms with Crippen LogP contribution in [0.3, 0.4) is 0 Å². The molecule has 3 aromatic carbocycles. The summed E-state index contributed by atoms with van der Waals surface area (Å²) in [6.45, 7) is 7.87.